The van der Waals surface area contributed by atoms with E-state index in [0.29, 0.717) is 17.7 Å². The summed E-state index contributed by atoms with van der Waals surface area (Å²) in [5.74, 6) is -0.687. The van der Waals surface area contributed by atoms with E-state index >= 15 is 0 Å². The van der Waals surface area contributed by atoms with Gasteiger partial charge in [0.2, 0.25) is 0 Å². The van der Waals surface area contributed by atoms with E-state index in [9.17, 15) is 14.4 Å². The van der Waals surface area contributed by atoms with E-state index in [2.05, 4.69) is 5.32 Å². The van der Waals surface area contributed by atoms with Crippen LogP contribution in [-0.2, 0) is 9.53 Å². The van der Waals surface area contributed by atoms with E-state index in [-0.39, 0.29) is 18.3 Å². The van der Waals surface area contributed by atoms with E-state index < -0.39 is 6.04 Å². The minimum Gasteiger partial charge on any atom is -0.466 e. The van der Waals surface area contributed by atoms with E-state index in [4.69, 9.17) is 4.74 Å². The second kappa shape index (κ2) is 8.62. The monoisotopic (exact) mass is 325 g/mol. The summed E-state index contributed by atoms with van der Waals surface area (Å²) in [6, 6.07) is 15.1. The predicted molar refractivity (Wildman–Crippen MR) is 89.7 cm³/mol. The molecular formula is C19H19NO4. The molecule has 1 amide bonds. The number of carbonyl (C=O) groups excluding carboxylic acids is 3. The predicted octanol–water partition coefficient (Wildman–Crippen LogP) is 2.92. The fourth-order valence-electron chi connectivity index (χ4n) is 2.28. The number of benzene rings is 2. The summed E-state index contributed by atoms with van der Waals surface area (Å²) in [5, 5.41) is 2.85. The third-order valence-electron chi connectivity index (χ3n) is 3.49. The quantitative estimate of drug-likeness (QED) is 0.627. The Bertz CT molecular complexity index is 695. The molecule has 2 aromatic carbocycles. The fraction of sp³-hybridized carbons (Fsp3) is 0.211. The van der Waals surface area contributed by atoms with Crippen molar-refractivity contribution in [3.63, 3.8) is 0 Å². The molecule has 1 N–H and O–H groups in total. The lowest BCUT2D eigenvalue weighted by molar-refractivity contribution is -0.143. The summed E-state index contributed by atoms with van der Waals surface area (Å²) < 4.78 is 4.98. The van der Waals surface area contributed by atoms with Gasteiger partial charge < -0.3 is 10.1 Å². The molecule has 0 heterocycles. The molecule has 0 aliphatic heterocycles. The van der Waals surface area contributed by atoms with Crippen molar-refractivity contribution in [2.45, 2.75) is 19.4 Å². The van der Waals surface area contributed by atoms with Crippen LogP contribution in [0.25, 0.3) is 0 Å². The van der Waals surface area contributed by atoms with Crippen LogP contribution in [0.3, 0.4) is 0 Å². The lowest BCUT2D eigenvalue weighted by atomic mass is 10.0. The number of nitrogens with one attached hydrogen (secondary N) is 1. The summed E-state index contributed by atoms with van der Waals surface area (Å²) >= 11 is 0. The Labute approximate surface area is 140 Å². The Morgan fingerprint density at radius 1 is 1.08 bits per heavy atom. The molecule has 0 aliphatic carbocycles. The number of carbonyl (C=O) groups is 3. The molecule has 5 nitrogen and oxygen atoms in total. The first-order valence-corrected chi connectivity index (χ1v) is 7.70. The van der Waals surface area contributed by atoms with E-state index in [1.807, 2.05) is 30.3 Å². The molecule has 0 fully saturated rings. The van der Waals surface area contributed by atoms with Crippen LogP contribution in [0.15, 0.2) is 54.6 Å². The molecule has 0 saturated heterocycles. The van der Waals surface area contributed by atoms with Crippen molar-refractivity contribution in [1.29, 1.82) is 0 Å². The first-order chi connectivity index (χ1) is 11.6. The second-order valence-electron chi connectivity index (χ2n) is 5.19. The van der Waals surface area contributed by atoms with Gasteiger partial charge in [0.25, 0.3) is 5.91 Å². The summed E-state index contributed by atoms with van der Waals surface area (Å²) in [6.07, 6.45) is 0.769. The van der Waals surface area contributed by atoms with Crippen LogP contribution >= 0.6 is 0 Å². The number of hydrogen-bond donors (Lipinski definition) is 1. The highest BCUT2D eigenvalue weighted by molar-refractivity contribution is 5.95. The number of ether oxygens (including phenoxy) is 1. The standard InChI is InChI=1S/C19H19NO4/c1-2-24-18(22)12-17(15-6-4-3-5-7-15)20-19(23)16-10-8-14(13-21)9-11-16/h3-11,13,17H,2,12H2,1H3,(H,20,23). The minimum atomic E-state index is -0.483. The molecular weight excluding hydrogens is 306 g/mol. The largest absolute Gasteiger partial charge is 0.466 e. The zero-order valence-corrected chi connectivity index (χ0v) is 13.4. The lowest BCUT2D eigenvalue weighted by Crippen LogP contribution is -2.30. The van der Waals surface area contributed by atoms with Crippen molar-refractivity contribution < 1.29 is 19.1 Å². The molecule has 1 unspecified atom stereocenters. The molecule has 2 aromatic rings. The van der Waals surface area contributed by atoms with E-state index in [1.54, 1.807) is 31.2 Å². The van der Waals surface area contributed by atoms with Crippen LogP contribution in [0.4, 0.5) is 0 Å². The molecule has 0 aromatic heterocycles. The van der Waals surface area contributed by atoms with Crippen molar-refractivity contribution in [2.24, 2.45) is 0 Å². The van der Waals surface area contributed by atoms with Gasteiger partial charge in [-0.1, -0.05) is 42.5 Å². The van der Waals surface area contributed by atoms with E-state index in [1.165, 1.54) is 0 Å². The van der Waals surface area contributed by atoms with Gasteiger partial charge in [-0.15, -0.1) is 0 Å². The van der Waals surface area contributed by atoms with Crippen LogP contribution in [0.5, 0.6) is 0 Å². The number of aldehydes is 1. The van der Waals surface area contributed by atoms with Crippen molar-refractivity contribution in [3.05, 3.63) is 71.3 Å². The topological polar surface area (TPSA) is 72.5 Å². The van der Waals surface area contributed by atoms with Crippen molar-refractivity contribution >= 4 is 18.2 Å². The zero-order valence-electron chi connectivity index (χ0n) is 13.4. The van der Waals surface area contributed by atoms with Gasteiger partial charge in [-0.05, 0) is 24.6 Å². The van der Waals surface area contributed by atoms with Crippen LogP contribution in [0, 0.1) is 0 Å². The molecule has 124 valence electrons. The number of amides is 1. The lowest BCUT2D eigenvalue weighted by Gasteiger charge is -2.18. The molecule has 0 radical (unpaired) electrons. The molecule has 2 rings (SSSR count). The first kappa shape index (κ1) is 17.4. The average Bonchev–Trinajstić information content (AvgIpc) is 2.62. The molecule has 0 bridgehead atoms. The Balaban J connectivity index is 2.15. The number of hydrogen-bond acceptors (Lipinski definition) is 4. The number of rotatable bonds is 7. The highest BCUT2D eigenvalue weighted by Crippen LogP contribution is 2.18. The maximum atomic E-state index is 12.4. The van der Waals surface area contributed by atoms with Crippen molar-refractivity contribution in [2.75, 3.05) is 6.61 Å². The van der Waals surface area contributed by atoms with Gasteiger partial charge in [0, 0.05) is 11.1 Å². The van der Waals surface area contributed by atoms with Crippen LogP contribution in [0.1, 0.15) is 45.7 Å². The third kappa shape index (κ3) is 4.78. The highest BCUT2D eigenvalue weighted by Gasteiger charge is 2.19. The minimum absolute atomic E-state index is 0.0516. The van der Waals surface area contributed by atoms with Crippen LogP contribution < -0.4 is 5.32 Å². The summed E-state index contributed by atoms with van der Waals surface area (Å²) in [6.45, 7) is 2.03. The van der Waals surface area contributed by atoms with Gasteiger partial charge in [-0.3, -0.25) is 14.4 Å². The molecule has 0 aliphatic rings. The van der Waals surface area contributed by atoms with Gasteiger partial charge in [0.15, 0.2) is 0 Å². The first-order valence-electron chi connectivity index (χ1n) is 7.70. The van der Waals surface area contributed by atoms with E-state index in [0.717, 1.165) is 11.8 Å². The zero-order chi connectivity index (χ0) is 17.4. The maximum absolute atomic E-state index is 12.4. The normalized spacial score (nSPS) is 11.4. The molecule has 1 atom stereocenters. The summed E-state index contributed by atoms with van der Waals surface area (Å²) in [7, 11) is 0. The summed E-state index contributed by atoms with van der Waals surface area (Å²) in [5.41, 5.74) is 1.74. The summed E-state index contributed by atoms with van der Waals surface area (Å²) in [4.78, 5) is 34.9. The molecule has 5 heteroatoms. The van der Waals surface area contributed by atoms with Gasteiger partial charge in [-0.2, -0.15) is 0 Å². The smallest absolute Gasteiger partial charge is 0.308 e. The van der Waals surface area contributed by atoms with Crippen molar-refractivity contribution in [1.82, 2.24) is 5.32 Å². The second-order valence-corrected chi connectivity index (χ2v) is 5.19. The molecule has 0 saturated carbocycles. The Morgan fingerprint density at radius 2 is 1.75 bits per heavy atom. The Morgan fingerprint density at radius 3 is 2.33 bits per heavy atom. The maximum Gasteiger partial charge on any atom is 0.308 e. The van der Waals surface area contributed by atoms with Crippen LogP contribution in [0.2, 0.25) is 0 Å². The molecule has 0 spiro atoms. The third-order valence-corrected chi connectivity index (χ3v) is 3.49. The Kier molecular flexibility index (Phi) is 6.25. The van der Waals surface area contributed by atoms with Gasteiger partial charge in [-0.25, -0.2) is 0 Å². The van der Waals surface area contributed by atoms with Gasteiger partial charge >= 0.3 is 5.97 Å². The molecule has 24 heavy (non-hydrogen) atoms. The highest BCUT2D eigenvalue weighted by atomic mass is 16.5. The Hall–Kier alpha value is -2.95. The van der Waals surface area contributed by atoms with Crippen LogP contribution in [-0.4, -0.2) is 24.8 Å². The van der Waals surface area contributed by atoms with Gasteiger partial charge in [0.1, 0.15) is 6.29 Å². The average molecular weight is 325 g/mol. The van der Waals surface area contributed by atoms with Crippen molar-refractivity contribution in [3.8, 4) is 0 Å². The van der Waals surface area contributed by atoms with Gasteiger partial charge in [0.05, 0.1) is 19.1 Å². The fourth-order valence-corrected chi connectivity index (χ4v) is 2.28. The SMILES string of the molecule is CCOC(=O)CC(NC(=O)c1ccc(C=O)cc1)c1ccccc1. The number of esters is 1.